The van der Waals surface area contributed by atoms with Crippen molar-refractivity contribution < 1.29 is 0 Å². The first kappa shape index (κ1) is 14.6. The highest BCUT2D eigenvalue weighted by atomic mass is 35.5. The van der Waals surface area contributed by atoms with Crippen LogP contribution in [0.25, 0.3) is 0 Å². The number of halogens is 2. The predicted octanol–water partition coefficient (Wildman–Crippen LogP) is 4.19. The molecule has 2 aromatic rings. The van der Waals surface area contributed by atoms with Gasteiger partial charge in [0, 0.05) is 17.6 Å². The molecule has 19 heavy (non-hydrogen) atoms. The molecular formula is C13H15Cl2N3S. The fraction of sp³-hybridized carbons (Fsp3) is 0.308. The molecule has 1 aromatic carbocycles. The van der Waals surface area contributed by atoms with Crippen LogP contribution in [-0.2, 0) is 6.54 Å². The minimum Gasteiger partial charge on any atom is -0.396 e. The van der Waals surface area contributed by atoms with E-state index in [1.54, 1.807) is 11.3 Å². The first-order valence-corrected chi connectivity index (χ1v) is 7.43. The van der Waals surface area contributed by atoms with E-state index in [9.17, 15) is 0 Å². The summed E-state index contributed by atoms with van der Waals surface area (Å²) in [6.07, 6.45) is 1.88. The van der Waals surface area contributed by atoms with Gasteiger partial charge in [0.1, 0.15) is 5.01 Å². The summed E-state index contributed by atoms with van der Waals surface area (Å²) in [5, 5.41) is 5.44. The topological polar surface area (TPSA) is 50.9 Å². The molecule has 0 fully saturated rings. The fourth-order valence-corrected chi connectivity index (χ4v) is 3.00. The number of benzene rings is 1. The lowest BCUT2D eigenvalue weighted by Gasteiger charge is -2.12. The highest BCUT2D eigenvalue weighted by Gasteiger charge is 2.10. The summed E-state index contributed by atoms with van der Waals surface area (Å²) < 4.78 is 0. The van der Waals surface area contributed by atoms with Crippen molar-refractivity contribution in [2.75, 3.05) is 5.73 Å². The van der Waals surface area contributed by atoms with Gasteiger partial charge in [-0.3, -0.25) is 0 Å². The van der Waals surface area contributed by atoms with Gasteiger partial charge in [-0.15, -0.1) is 11.3 Å². The van der Waals surface area contributed by atoms with Crippen LogP contribution in [0.2, 0.25) is 10.0 Å². The quantitative estimate of drug-likeness (QED) is 0.832. The zero-order valence-corrected chi connectivity index (χ0v) is 13.0. The van der Waals surface area contributed by atoms with Gasteiger partial charge in [0.2, 0.25) is 0 Å². The number of nitrogens with one attached hydrogen (secondary N) is 1. The Morgan fingerprint density at radius 3 is 2.53 bits per heavy atom. The van der Waals surface area contributed by atoms with Crippen LogP contribution in [0.5, 0.6) is 0 Å². The molecule has 0 saturated carbocycles. The molecule has 2 rings (SSSR count). The Hall–Kier alpha value is -0.810. The van der Waals surface area contributed by atoms with Crippen LogP contribution in [0.4, 0.5) is 5.69 Å². The van der Waals surface area contributed by atoms with Gasteiger partial charge in [-0.2, -0.15) is 0 Å². The lowest BCUT2D eigenvalue weighted by molar-refractivity contribution is 0.572. The van der Waals surface area contributed by atoms with Crippen molar-refractivity contribution in [2.24, 2.45) is 0 Å². The van der Waals surface area contributed by atoms with Gasteiger partial charge in [-0.1, -0.05) is 23.2 Å². The van der Waals surface area contributed by atoms with Gasteiger partial charge in [0.05, 0.1) is 21.8 Å². The molecule has 1 atom stereocenters. The second-order valence-electron chi connectivity index (χ2n) is 4.38. The molecule has 0 aliphatic rings. The Balaban J connectivity index is 2.03. The summed E-state index contributed by atoms with van der Waals surface area (Å²) in [5.41, 5.74) is 7.14. The Morgan fingerprint density at radius 2 is 2.00 bits per heavy atom. The van der Waals surface area contributed by atoms with Crippen molar-refractivity contribution in [1.82, 2.24) is 10.3 Å². The zero-order valence-electron chi connectivity index (χ0n) is 10.7. The van der Waals surface area contributed by atoms with Crippen LogP contribution in [0.3, 0.4) is 0 Å². The standard InChI is InChI=1S/C13H15Cl2N3S/c1-7-5-18-13(19-7)8(2)17-6-9-3-10(14)12(16)11(15)4-9/h3-5,8,17H,6,16H2,1-2H3. The molecule has 0 bridgehead atoms. The smallest absolute Gasteiger partial charge is 0.109 e. The second-order valence-corrected chi connectivity index (χ2v) is 6.47. The van der Waals surface area contributed by atoms with E-state index in [0.29, 0.717) is 22.3 Å². The largest absolute Gasteiger partial charge is 0.396 e. The van der Waals surface area contributed by atoms with Gasteiger partial charge in [-0.25, -0.2) is 4.98 Å². The number of anilines is 1. The van der Waals surface area contributed by atoms with E-state index >= 15 is 0 Å². The van der Waals surface area contributed by atoms with E-state index in [-0.39, 0.29) is 6.04 Å². The third-order valence-electron chi connectivity index (χ3n) is 2.76. The minimum atomic E-state index is 0.189. The van der Waals surface area contributed by atoms with Crippen molar-refractivity contribution >= 4 is 40.2 Å². The van der Waals surface area contributed by atoms with Crippen LogP contribution in [0.15, 0.2) is 18.3 Å². The zero-order chi connectivity index (χ0) is 14.0. The number of hydrogen-bond donors (Lipinski definition) is 2. The number of aryl methyl sites for hydroxylation is 1. The van der Waals surface area contributed by atoms with E-state index in [0.717, 1.165) is 10.6 Å². The van der Waals surface area contributed by atoms with Crippen LogP contribution in [0.1, 0.15) is 28.4 Å². The molecule has 1 aromatic heterocycles. The summed E-state index contributed by atoms with van der Waals surface area (Å²) in [4.78, 5) is 5.57. The van der Waals surface area contributed by atoms with Gasteiger partial charge in [-0.05, 0) is 31.5 Å². The number of rotatable bonds is 4. The summed E-state index contributed by atoms with van der Waals surface area (Å²) in [6, 6.07) is 3.85. The molecular weight excluding hydrogens is 301 g/mol. The molecule has 6 heteroatoms. The van der Waals surface area contributed by atoms with E-state index in [1.807, 2.05) is 25.3 Å². The maximum atomic E-state index is 6.01. The predicted molar refractivity (Wildman–Crippen MR) is 83.0 cm³/mol. The summed E-state index contributed by atoms with van der Waals surface area (Å²) in [7, 11) is 0. The Kier molecular flexibility index (Phi) is 4.68. The van der Waals surface area contributed by atoms with E-state index < -0.39 is 0 Å². The molecule has 0 aliphatic carbocycles. The minimum absolute atomic E-state index is 0.189. The normalized spacial score (nSPS) is 12.6. The molecule has 0 amide bonds. The molecule has 3 nitrogen and oxygen atoms in total. The SMILES string of the molecule is Cc1cnc(C(C)NCc2cc(Cl)c(N)c(Cl)c2)s1. The molecule has 0 radical (unpaired) electrons. The van der Waals surface area contributed by atoms with Crippen LogP contribution in [0, 0.1) is 6.92 Å². The molecule has 102 valence electrons. The van der Waals surface area contributed by atoms with Gasteiger partial charge >= 0.3 is 0 Å². The van der Waals surface area contributed by atoms with E-state index in [2.05, 4.69) is 17.2 Å². The average Bonchev–Trinajstić information content (AvgIpc) is 2.79. The van der Waals surface area contributed by atoms with Crippen molar-refractivity contribution in [2.45, 2.75) is 26.4 Å². The second kappa shape index (κ2) is 6.09. The van der Waals surface area contributed by atoms with Crippen molar-refractivity contribution in [3.05, 3.63) is 43.8 Å². The van der Waals surface area contributed by atoms with Crippen molar-refractivity contribution in [3.8, 4) is 0 Å². The summed E-state index contributed by atoms with van der Waals surface area (Å²) >= 11 is 13.7. The summed E-state index contributed by atoms with van der Waals surface area (Å²) in [6.45, 7) is 4.80. The van der Waals surface area contributed by atoms with Gasteiger partial charge in [0.25, 0.3) is 0 Å². The summed E-state index contributed by atoms with van der Waals surface area (Å²) in [5.74, 6) is 0. The molecule has 0 spiro atoms. The van der Waals surface area contributed by atoms with Crippen LogP contribution >= 0.6 is 34.5 Å². The highest BCUT2D eigenvalue weighted by Crippen LogP contribution is 2.29. The first-order chi connectivity index (χ1) is 8.97. The number of nitrogens with zero attached hydrogens (tertiary/aromatic N) is 1. The Labute approximate surface area is 126 Å². The maximum Gasteiger partial charge on any atom is 0.109 e. The molecule has 0 saturated heterocycles. The Bertz CT molecular complexity index is 560. The van der Waals surface area contributed by atoms with Gasteiger partial charge < -0.3 is 11.1 Å². The molecule has 1 heterocycles. The average molecular weight is 316 g/mol. The third-order valence-corrected chi connectivity index (χ3v) is 4.48. The highest BCUT2D eigenvalue weighted by molar-refractivity contribution is 7.11. The molecule has 1 unspecified atom stereocenters. The van der Waals surface area contributed by atoms with Crippen LogP contribution in [-0.4, -0.2) is 4.98 Å². The number of aromatic nitrogens is 1. The lowest BCUT2D eigenvalue weighted by Crippen LogP contribution is -2.18. The molecule has 0 aliphatic heterocycles. The third kappa shape index (κ3) is 3.60. The van der Waals surface area contributed by atoms with E-state index in [4.69, 9.17) is 28.9 Å². The monoisotopic (exact) mass is 315 g/mol. The number of nitrogens with two attached hydrogens (primary N) is 1. The Morgan fingerprint density at radius 1 is 1.37 bits per heavy atom. The maximum absolute atomic E-state index is 6.01. The van der Waals surface area contributed by atoms with E-state index in [1.165, 1.54) is 4.88 Å². The number of thiazole rings is 1. The van der Waals surface area contributed by atoms with Crippen LogP contribution < -0.4 is 11.1 Å². The van der Waals surface area contributed by atoms with Crippen molar-refractivity contribution in [3.63, 3.8) is 0 Å². The number of hydrogen-bond acceptors (Lipinski definition) is 4. The fourth-order valence-electron chi connectivity index (χ4n) is 1.67. The lowest BCUT2D eigenvalue weighted by atomic mass is 10.2. The first-order valence-electron chi connectivity index (χ1n) is 5.86. The molecule has 3 N–H and O–H groups in total. The van der Waals surface area contributed by atoms with Crippen molar-refractivity contribution in [1.29, 1.82) is 0 Å². The van der Waals surface area contributed by atoms with Gasteiger partial charge in [0.15, 0.2) is 0 Å². The number of nitrogen functional groups attached to an aromatic ring is 1.